The third-order valence-electron chi connectivity index (χ3n) is 2.73. The summed E-state index contributed by atoms with van der Waals surface area (Å²) in [5, 5.41) is 1.40. The summed E-state index contributed by atoms with van der Waals surface area (Å²) in [4.78, 5) is 0. The second-order valence-corrected chi connectivity index (χ2v) is 4.64. The van der Waals surface area contributed by atoms with Crippen LogP contribution in [0.5, 0.6) is 0 Å². The number of benzene rings is 2. The van der Waals surface area contributed by atoms with Crippen molar-refractivity contribution in [2.75, 3.05) is 0 Å². The molecule has 0 bridgehead atoms. The van der Waals surface area contributed by atoms with Crippen LogP contribution < -0.4 is 0 Å². The van der Waals surface area contributed by atoms with Crippen LogP contribution >= 0.6 is 23.2 Å². The summed E-state index contributed by atoms with van der Waals surface area (Å²) in [6.45, 7) is 2.14. The van der Waals surface area contributed by atoms with Gasteiger partial charge in [-0.05, 0) is 23.3 Å². The molecule has 0 saturated carbocycles. The Hall–Kier alpha value is -0.980. The van der Waals surface area contributed by atoms with Crippen molar-refractivity contribution >= 4 is 23.2 Å². The molecule has 0 heterocycles. The Balaban J connectivity index is 2.38. The largest absolute Gasteiger partial charge is 0.0843 e. The minimum Gasteiger partial charge on any atom is -0.0843 e. The van der Waals surface area contributed by atoms with E-state index < -0.39 is 0 Å². The monoisotopic (exact) mass is 250 g/mol. The van der Waals surface area contributed by atoms with Crippen LogP contribution in [-0.2, 0) is 0 Å². The lowest BCUT2D eigenvalue weighted by Gasteiger charge is -2.14. The molecule has 0 spiro atoms. The molecule has 1 atom stereocenters. The van der Waals surface area contributed by atoms with E-state index >= 15 is 0 Å². The quantitative estimate of drug-likeness (QED) is 0.692. The van der Waals surface area contributed by atoms with Crippen LogP contribution in [0.15, 0.2) is 48.5 Å². The molecule has 0 aliphatic carbocycles. The Bertz CT molecular complexity index is 477. The standard InChI is InChI=1S/C14H12Cl2/c1-10(11-5-3-2-4-6-11)13-8-7-12(15)9-14(13)16/h2-10H,1H3/t10-/m0/s1. The van der Waals surface area contributed by atoms with E-state index in [0.717, 1.165) is 10.6 Å². The van der Waals surface area contributed by atoms with E-state index in [9.17, 15) is 0 Å². The second kappa shape index (κ2) is 4.90. The molecule has 0 aliphatic rings. The van der Waals surface area contributed by atoms with Gasteiger partial charge < -0.3 is 0 Å². The molecular weight excluding hydrogens is 239 g/mol. The maximum absolute atomic E-state index is 6.19. The van der Waals surface area contributed by atoms with Gasteiger partial charge in [0.1, 0.15) is 0 Å². The molecule has 0 N–H and O–H groups in total. The maximum atomic E-state index is 6.19. The zero-order valence-electron chi connectivity index (χ0n) is 8.95. The summed E-state index contributed by atoms with van der Waals surface area (Å²) in [6, 6.07) is 16.0. The average Bonchev–Trinajstić information content (AvgIpc) is 2.29. The number of hydrogen-bond acceptors (Lipinski definition) is 0. The molecule has 0 fully saturated rings. The van der Waals surface area contributed by atoms with Gasteiger partial charge in [-0.2, -0.15) is 0 Å². The molecule has 2 aromatic carbocycles. The molecule has 0 aliphatic heterocycles. The molecule has 0 amide bonds. The maximum Gasteiger partial charge on any atom is 0.0458 e. The topological polar surface area (TPSA) is 0 Å². The van der Waals surface area contributed by atoms with Crippen LogP contribution in [-0.4, -0.2) is 0 Å². The fraction of sp³-hybridized carbons (Fsp3) is 0.143. The summed E-state index contributed by atoms with van der Waals surface area (Å²) in [5.74, 6) is 0.283. The molecule has 0 radical (unpaired) electrons. The van der Waals surface area contributed by atoms with Gasteiger partial charge in [-0.3, -0.25) is 0 Å². The lowest BCUT2D eigenvalue weighted by Crippen LogP contribution is -1.96. The van der Waals surface area contributed by atoms with Crippen molar-refractivity contribution in [1.82, 2.24) is 0 Å². The van der Waals surface area contributed by atoms with Crippen LogP contribution in [0.2, 0.25) is 10.0 Å². The first-order valence-electron chi connectivity index (χ1n) is 5.18. The van der Waals surface area contributed by atoms with Crippen LogP contribution in [0.25, 0.3) is 0 Å². The van der Waals surface area contributed by atoms with E-state index in [2.05, 4.69) is 19.1 Å². The first-order valence-corrected chi connectivity index (χ1v) is 5.94. The third-order valence-corrected chi connectivity index (χ3v) is 3.29. The van der Waals surface area contributed by atoms with Gasteiger partial charge in [0.05, 0.1) is 0 Å². The Morgan fingerprint density at radius 3 is 2.25 bits per heavy atom. The normalized spacial score (nSPS) is 12.4. The van der Waals surface area contributed by atoms with Gasteiger partial charge in [0, 0.05) is 16.0 Å². The highest BCUT2D eigenvalue weighted by molar-refractivity contribution is 6.35. The predicted molar refractivity (Wildman–Crippen MR) is 70.4 cm³/mol. The predicted octanol–water partition coefficient (Wildman–Crippen LogP) is 5.15. The van der Waals surface area contributed by atoms with Crippen molar-refractivity contribution < 1.29 is 0 Å². The van der Waals surface area contributed by atoms with Crippen molar-refractivity contribution in [3.05, 3.63) is 69.7 Å². The summed E-state index contributed by atoms with van der Waals surface area (Å²) >= 11 is 12.1. The van der Waals surface area contributed by atoms with E-state index in [0.29, 0.717) is 5.02 Å². The second-order valence-electron chi connectivity index (χ2n) is 3.80. The van der Waals surface area contributed by atoms with Gasteiger partial charge in [0.15, 0.2) is 0 Å². The van der Waals surface area contributed by atoms with Gasteiger partial charge in [0.2, 0.25) is 0 Å². The molecule has 0 unspecified atom stereocenters. The Morgan fingerprint density at radius 1 is 0.938 bits per heavy atom. The van der Waals surface area contributed by atoms with E-state index in [1.54, 1.807) is 6.07 Å². The van der Waals surface area contributed by atoms with Gasteiger partial charge in [0.25, 0.3) is 0 Å². The van der Waals surface area contributed by atoms with Gasteiger partial charge >= 0.3 is 0 Å². The number of halogens is 2. The van der Waals surface area contributed by atoms with Crippen LogP contribution in [0, 0.1) is 0 Å². The van der Waals surface area contributed by atoms with E-state index in [4.69, 9.17) is 23.2 Å². The van der Waals surface area contributed by atoms with E-state index in [1.165, 1.54) is 5.56 Å². The molecule has 2 rings (SSSR count). The highest BCUT2D eigenvalue weighted by Gasteiger charge is 2.11. The zero-order valence-corrected chi connectivity index (χ0v) is 10.5. The van der Waals surface area contributed by atoms with Crippen molar-refractivity contribution in [1.29, 1.82) is 0 Å². The molecule has 2 heteroatoms. The fourth-order valence-electron chi connectivity index (χ4n) is 1.77. The summed E-state index contributed by atoms with van der Waals surface area (Å²) in [5.41, 5.74) is 2.36. The third kappa shape index (κ3) is 2.40. The molecular formula is C14H12Cl2. The van der Waals surface area contributed by atoms with E-state index in [1.807, 2.05) is 30.3 Å². The molecule has 0 saturated heterocycles. The molecule has 0 aromatic heterocycles. The molecule has 82 valence electrons. The first-order chi connectivity index (χ1) is 7.68. The minimum atomic E-state index is 0.283. The van der Waals surface area contributed by atoms with Crippen molar-refractivity contribution in [3.8, 4) is 0 Å². The van der Waals surface area contributed by atoms with Gasteiger partial charge in [-0.1, -0.05) is 66.5 Å². The summed E-state index contributed by atoms with van der Waals surface area (Å²) in [7, 11) is 0. The summed E-state index contributed by atoms with van der Waals surface area (Å²) in [6.07, 6.45) is 0. The highest BCUT2D eigenvalue weighted by Crippen LogP contribution is 2.31. The van der Waals surface area contributed by atoms with Crippen LogP contribution in [0.4, 0.5) is 0 Å². The van der Waals surface area contributed by atoms with Crippen molar-refractivity contribution in [2.24, 2.45) is 0 Å². The first kappa shape index (κ1) is 11.5. The molecule has 0 nitrogen and oxygen atoms in total. The SMILES string of the molecule is C[C@@H](c1ccccc1)c1ccc(Cl)cc1Cl. The zero-order chi connectivity index (χ0) is 11.5. The molecule has 16 heavy (non-hydrogen) atoms. The van der Waals surface area contributed by atoms with Crippen molar-refractivity contribution in [2.45, 2.75) is 12.8 Å². The van der Waals surface area contributed by atoms with Crippen molar-refractivity contribution in [3.63, 3.8) is 0 Å². The molecule has 2 aromatic rings. The Labute approximate surface area is 106 Å². The van der Waals surface area contributed by atoms with Gasteiger partial charge in [-0.25, -0.2) is 0 Å². The lowest BCUT2D eigenvalue weighted by molar-refractivity contribution is 0.923. The van der Waals surface area contributed by atoms with E-state index in [-0.39, 0.29) is 5.92 Å². The fourth-order valence-corrected chi connectivity index (χ4v) is 2.35. The Morgan fingerprint density at radius 2 is 1.62 bits per heavy atom. The smallest absolute Gasteiger partial charge is 0.0458 e. The average molecular weight is 251 g/mol. The van der Waals surface area contributed by atoms with Crippen LogP contribution in [0.3, 0.4) is 0 Å². The highest BCUT2D eigenvalue weighted by atomic mass is 35.5. The Kier molecular flexibility index (Phi) is 3.52. The minimum absolute atomic E-state index is 0.283. The van der Waals surface area contributed by atoms with Gasteiger partial charge in [-0.15, -0.1) is 0 Å². The summed E-state index contributed by atoms with van der Waals surface area (Å²) < 4.78 is 0. The lowest BCUT2D eigenvalue weighted by atomic mass is 9.93. The van der Waals surface area contributed by atoms with Crippen LogP contribution in [0.1, 0.15) is 24.0 Å². The number of hydrogen-bond donors (Lipinski definition) is 0. The number of rotatable bonds is 2.